The minimum absolute atomic E-state index is 0.0350. The third-order valence-corrected chi connectivity index (χ3v) is 5.99. The van der Waals surface area contributed by atoms with Crippen molar-refractivity contribution in [2.75, 3.05) is 0 Å². The Hall–Kier alpha value is -1.02. The van der Waals surface area contributed by atoms with E-state index in [-0.39, 0.29) is 6.10 Å². The molecular weight excluding hydrogens is 236 g/mol. The molecule has 2 N–H and O–H groups in total. The average molecular weight is 258 g/mol. The summed E-state index contributed by atoms with van der Waals surface area (Å²) in [4.78, 5) is 0. The molecule has 0 amide bonds. The molecule has 4 rings (SSSR count). The predicted molar refractivity (Wildman–Crippen MR) is 74.1 cm³/mol. The van der Waals surface area contributed by atoms with Crippen LogP contribution < -0.4 is 0 Å². The number of hydrogen-bond acceptors (Lipinski definition) is 2. The van der Waals surface area contributed by atoms with Crippen LogP contribution in [0.5, 0.6) is 5.75 Å². The summed E-state index contributed by atoms with van der Waals surface area (Å²) < 4.78 is 0. The molecule has 0 saturated heterocycles. The number of benzene rings is 1. The van der Waals surface area contributed by atoms with Gasteiger partial charge in [-0.3, -0.25) is 0 Å². The standard InChI is InChI=1S/C17H22O2/c18-11-2-4-12-10(9-11)1-3-14-13(12)5-6-16-15(14)7-8-17(16)19/h2,4,9,13-19H,1,3,5-8H2/t13-,14+,15+,16-,17-/m0/s1. The molecule has 2 heteroatoms. The first-order chi connectivity index (χ1) is 9.24. The van der Waals surface area contributed by atoms with Crippen molar-refractivity contribution in [2.24, 2.45) is 17.8 Å². The van der Waals surface area contributed by atoms with Crippen molar-refractivity contribution in [1.29, 1.82) is 0 Å². The second-order valence-electron chi connectivity index (χ2n) is 6.74. The van der Waals surface area contributed by atoms with Crippen molar-refractivity contribution in [1.82, 2.24) is 0 Å². The third kappa shape index (κ3) is 1.73. The van der Waals surface area contributed by atoms with Crippen LogP contribution in [-0.4, -0.2) is 16.3 Å². The van der Waals surface area contributed by atoms with Crippen LogP contribution in [0.15, 0.2) is 18.2 Å². The molecule has 0 aliphatic heterocycles. The van der Waals surface area contributed by atoms with Crippen LogP contribution in [0.4, 0.5) is 0 Å². The number of phenols is 1. The highest BCUT2D eigenvalue weighted by molar-refractivity contribution is 5.39. The van der Waals surface area contributed by atoms with Gasteiger partial charge in [-0.1, -0.05) is 6.07 Å². The van der Waals surface area contributed by atoms with Crippen molar-refractivity contribution >= 4 is 0 Å². The fourth-order valence-corrected chi connectivity index (χ4v) is 5.19. The van der Waals surface area contributed by atoms with Gasteiger partial charge >= 0.3 is 0 Å². The summed E-state index contributed by atoms with van der Waals surface area (Å²) in [7, 11) is 0. The fourth-order valence-electron chi connectivity index (χ4n) is 5.19. The number of aryl methyl sites for hydroxylation is 1. The van der Waals surface area contributed by atoms with Gasteiger partial charge in [0.25, 0.3) is 0 Å². The van der Waals surface area contributed by atoms with Gasteiger partial charge in [-0.25, -0.2) is 0 Å². The van der Waals surface area contributed by atoms with E-state index in [2.05, 4.69) is 6.07 Å². The molecule has 2 fully saturated rings. The first kappa shape index (κ1) is 11.8. The van der Waals surface area contributed by atoms with Gasteiger partial charge < -0.3 is 10.2 Å². The van der Waals surface area contributed by atoms with E-state index in [1.165, 1.54) is 36.8 Å². The van der Waals surface area contributed by atoms with Gasteiger partial charge in [0.05, 0.1) is 6.10 Å². The minimum Gasteiger partial charge on any atom is -0.508 e. The van der Waals surface area contributed by atoms with Gasteiger partial charge in [-0.05, 0) is 85.5 Å². The molecule has 0 heterocycles. The normalized spacial score (nSPS) is 40.4. The van der Waals surface area contributed by atoms with E-state index in [9.17, 15) is 10.2 Å². The summed E-state index contributed by atoms with van der Waals surface area (Å²) in [6, 6.07) is 5.95. The molecule has 0 spiro atoms. The molecule has 0 aromatic heterocycles. The Morgan fingerprint density at radius 1 is 0.895 bits per heavy atom. The summed E-state index contributed by atoms with van der Waals surface area (Å²) in [5.41, 5.74) is 2.84. The Morgan fingerprint density at radius 2 is 1.74 bits per heavy atom. The first-order valence-electron chi connectivity index (χ1n) is 7.74. The Balaban J connectivity index is 1.68. The molecule has 0 unspecified atom stereocenters. The Bertz CT molecular complexity index is 496. The molecule has 2 nitrogen and oxygen atoms in total. The lowest BCUT2D eigenvalue weighted by molar-refractivity contribution is 0.0566. The van der Waals surface area contributed by atoms with Crippen LogP contribution in [0.1, 0.15) is 49.1 Å². The molecule has 3 aliphatic carbocycles. The summed E-state index contributed by atoms with van der Waals surface area (Å²) in [6.45, 7) is 0. The molecule has 5 atom stereocenters. The molecule has 0 bridgehead atoms. The Kier molecular flexibility index (Phi) is 2.63. The van der Waals surface area contributed by atoms with Crippen molar-refractivity contribution in [2.45, 2.75) is 50.5 Å². The van der Waals surface area contributed by atoms with Gasteiger partial charge in [0.1, 0.15) is 5.75 Å². The van der Waals surface area contributed by atoms with Gasteiger partial charge in [0, 0.05) is 0 Å². The van der Waals surface area contributed by atoms with E-state index >= 15 is 0 Å². The van der Waals surface area contributed by atoms with E-state index < -0.39 is 0 Å². The number of aliphatic hydroxyl groups is 1. The van der Waals surface area contributed by atoms with Crippen LogP contribution >= 0.6 is 0 Å². The lowest BCUT2D eigenvalue weighted by Gasteiger charge is -2.44. The number of phenolic OH excluding ortho intramolecular Hbond substituents is 1. The summed E-state index contributed by atoms with van der Waals surface area (Å²) >= 11 is 0. The molecule has 0 radical (unpaired) electrons. The highest BCUT2D eigenvalue weighted by Crippen LogP contribution is 2.55. The van der Waals surface area contributed by atoms with Gasteiger partial charge in [-0.2, -0.15) is 0 Å². The Labute approximate surface area is 114 Å². The summed E-state index contributed by atoms with van der Waals surface area (Å²) in [5, 5.41) is 19.7. The fraction of sp³-hybridized carbons (Fsp3) is 0.647. The minimum atomic E-state index is -0.0350. The zero-order chi connectivity index (χ0) is 13.0. The van der Waals surface area contributed by atoms with Gasteiger partial charge in [-0.15, -0.1) is 0 Å². The van der Waals surface area contributed by atoms with Crippen LogP contribution in [0.2, 0.25) is 0 Å². The molecule has 19 heavy (non-hydrogen) atoms. The maximum atomic E-state index is 10.1. The van der Waals surface area contributed by atoms with Crippen LogP contribution in [-0.2, 0) is 6.42 Å². The predicted octanol–water partition coefficient (Wildman–Crippen LogP) is 3.22. The summed E-state index contributed by atoms with van der Waals surface area (Å²) in [6.07, 6.45) is 6.96. The zero-order valence-corrected chi connectivity index (χ0v) is 11.3. The summed E-state index contributed by atoms with van der Waals surface area (Å²) in [5.74, 6) is 3.17. The highest BCUT2D eigenvalue weighted by Gasteiger charge is 2.47. The van der Waals surface area contributed by atoms with Gasteiger partial charge in [0.15, 0.2) is 0 Å². The second-order valence-corrected chi connectivity index (χ2v) is 6.74. The lowest BCUT2D eigenvalue weighted by atomic mass is 9.61. The van der Waals surface area contributed by atoms with E-state index in [1.807, 2.05) is 12.1 Å². The van der Waals surface area contributed by atoms with Crippen LogP contribution in [0.3, 0.4) is 0 Å². The van der Waals surface area contributed by atoms with E-state index in [1.54, 1.807) is 0 Å². The van der Waals surface area contributed by atoms with E-state index in [4.69, 9.17) is 0 Å². The maximum Gasteiger partial charge on any atom is 0.115 e. The van der Waals surface area contributed by atoms with Crippen molar-refractivity contribution in [3.8, 4) is 5.75 Å². The average Bonchev–Trinajstić information content (AvgIpc) is 2.80. The number of fused-ring (bicyclic) bond motifs is 5. The maximum absolute atomic E-state index is 10.1. The SMILES string of the molecule is Oc1ccc2c(c1)CC[C@H]1[C@H]3CC[C@H](O)[C@H]3CC[C@@H]21. The highest BCUT2D eigenvalue weighted by atomic mass is 16.3. The largest absolute Gasteiger partial charge is 0.508 e. The van der Waals surface area contributed by atoms with Crippen molar-refractivity contribution < 1.29 is 10.2 Å². The quantitative estimate of drug-likeness (QED) is 0.750. The monoisotopic (exact) mass is 258 g/mol. The third-order valence-electron chi connectivity index (χ3n) is 5.99. The molecule has 102 valence electrons. The number of aliphatic hydroxyl groups excluding tert-OH is 1. The van der Waals surface area contributed by atoms with Crippen LogP contribution in [0, 0.1) is 17.8 Å². The molecular formula is C17H22O2. The van der Waals surface area contributed by atoms with Gasteiger partial charge in [0.2, 0.25) is 0 Å². The lowest BCUT2D eigenvalue weighted by Crippen LogP contribution is -2.36. The van der Waals surface area contributed by atoms with E-state index in [0.717, 1.165) is 24.7 Å². The molecule has 1 aromatic rings. The molecule has 1 aromatic carbocycles. The smallest absolute Gasteiger partial charge is 0.115 e. The van der Waals surface area contributed by atoms with Crippen molar-refractivity contribution in [3.63, 3.8) is 0 Å². The Morgan fingerprint density at radius 3 is 2.63 bits per heavy atom. The molecule has 2 saturated carbocycles. The number of hydrogen-bond donors (Lipinski definition) is 2. The zero-order valence-electron chi connectivity index (χ0n) is 11.3. The molecule has 3 aliphatic rings. The first-order valence-corrected chi connectivity index (χ1v) is 7.74. The number of rotatable bonds is 0. The van der Waals surface area contributed by atoms with E-state index in [0.29, 0.717) is 17.6 Å². The second kappa shape index (κ2) is 4.24. The number of aromatic hydroxyl groups is 1. The van der Waals surface area contributed by atoms with Crippen molar-refractivity contribution in [3.05, 3.63) is 29.3 Å². The topological polar surface area (TPSA) is 40.5 Å². The van der Waals surface area contributed by atoms with Crippen LogP contribution in [0.25, 0.3) is 0 Å².